The molecule has 0 spiro atoms. The lowest BCUT2D eigenvalue weighted by Crippen LogP contribution is -2.11. The number of esters is 1. The number of hydrogen-bond donors (Lipinski definition) is 0. The maximum Gasteiger partial charge on any atom is 0.313 e. The number of aromatic nitrogens is 3. The first kappa shape index (κ1) is 13.4. The number of ether oxygens (including phenoxy) is 1. The van der Waals surface area contributed by atoms with E-state index in [0.717, 1.165) is 5.56 Å². The fourth-order valence-electron chi connectivity index (χ4n) is 1.52. The van der Waals surface area contributed by atoms with Crippen LogP contribution >= 0.6 is 11.6 Å². The number of hydrogen-bond acceptors (Lipinski definition) is 5. The van der Waals surface area contributed by atoms with Gasteiger partial charge < -0.3 is 4.74 Å². The maximum absolute atomic E-state index is 11.4. The molecular weight excluding hydrogens is 266 g/mol. The van der Waals surface area contributed by atoms with Gasteiger partial charge in [0, 0.05) is 10.6 Å². The van der Waals surface area contributed by atoms with Gasteiger partial charge in [-0.2, -0.15) is 5.10 Å². The molecule has 2 rings (SSSR count). The molecule has 0 atom stereocenters. The Hall–Kier alpha value is -2.01. The molecule has 5 nitrogen and oxygen atoms in total. The fourth-order valence-corrected chi connectivity index (χ4v) is 1.64. The van der Waals surface area contributed by atoms with Crippen LogP contribution in [0.2, 0.25) is 5.02 Å². The van der Waals surface area contributed by atoms with Crippen LogP contribution in [0.15, 0.2) is 30.5 Å². The predicted octanol–water partition coefficient (Wildman–Crippen LogP) is 2.30. The molecule has 19 heavy (non-hydrogen) atoms. The average Bonchev–Trinajstić information content (AvgIpc) is 2.40. The van der Waals surface area contributed by atoms with Crippen LogP contribution in [0.5, 0.6) is 0 Å². The first-order valence-corrected chi connectivity index (χ1v) is 6.17. The molecular formula is C13H12ClN3O2. The van der Waals surface area contributed by atoms with Crippen LogP contribution in [0.4, 0.5) is 0 Å². The zero-order valence-electron chi connectivity index (χ0n) is 10.3. The van der Waals surface area contributed by atoms with Crippen molar-refractivity contribution >= 4 is 17.6 Å². The van der Waals surface area contributed by atoms with Crippen molar-refractivity contribution in [3.05, 3.63) is 41.3 Å². The first-order valence-electron chi connectivity index (χ1n) is 5.79. The monoisotopic (exact) mass is 277 g/mol. The summed E-state index contributed by atoms with van der Waals surface area (Å²) in [5, 5.41) is 8.31. The molecule has 0 aliphatic heterocycles. The van der Waals surface area contributed by atoms with Gasteiger partial charge in [-0.3, -0.25) is 4.79 Å². The third kappa shape index (κ3) is 3.72. The highest BCUT2D eigenvalue weighted by Crippen LogP contribution is 2.18. The molecule has 0 fully saturated rings. The van der Waals surface area contributed by atoms with Gasteiger partial charge in [0.15, 0.2) is 5.82 Å². The Kier molecular flexibility index (Phi) is 4.41. The number of carbonyl (C=O) groups is 1. The van der Waals surface area contributed by atoms with Crippen molar-refractivity contribution in [2.24, 2.45) is 0 Å². The number of nitrogens with zero attached hydrogens (tertiary/aromatic N) is 3. The zero-order chi connectivity index (χ0) is 13.7. The molecule has 0 unspecified atom stereocenters. The molecule has 98 valence electrons. The van der Waals surface area contributed by atoms with E-state index in [9.17, 15) is 4.79 Å². The standard InChI is InChI=1S/C13H12ClN3O2/c1-2-19-13(18)7-12-16-11(8-15-17-12)9-3-5-10(14)6-4-9/h3-6,8H,2,7H2,1H3. The molecule has 2 aromatic rings. The van der Waals surface area contributed by atoms with Crippen molar-refractivity contribution in [3.63, 3.8) is 0 Å². The van der Waals surface area contributed by atoms with E-state index in [1.54, 1.807) is 19.1 Å². The summed E-state index contributed by atoms with van der Waals surface area (Å²) in [5.74, 6) is -0.0246. The summed E-state index contributed by atoms with van der Waals surface area (Å²) in [6, 6.07) is 7.20. The number of benzene rings is 1. The molecule has 0 aliphatic rings. The lowest BCUT2D eigenvalue weighted by atomic mass is 10.2. The Morgan fingerprint density at radius 1 is 1.32 bits per heavy atom. The third-order valence-corrected chi connectivity index (χ3v) is 2.60. The van der Waals surface area contributed by atoms with Crippen LogP contribution in [0.25, 0.3) is 11.3 Å². The minimum absolute atomic E-state index is 0.0161. The second-order valence-corrected chi connectivity index (χ2v) is 4.18. The van der Waals surface area contributed by atoms with Crippen LogP contribution in [-0.4, -0.2) is 27.8 Å². The molecule has 0 saturated carbocycles. The second-order valence-electron chi connectivity index (χ2n) is 3.75. The molecule has 1 aromatic carbocycles. The van der Waals surface area contributed by atoms with E-state index in [4.69, 9.17) is 16.3 Å². The summed E-state index contributed by atoms with van der Waals surface area (Å²) < 4.78 is 4.84. The lowest BCUT2D eigenvalue weighted by Gasteiger charge is -2.03. The van der Waals surface area contributed by atoms with Crippen LogP contribution in [0.1, 0.15) is 12.7 Å². The third-order valence-electron chi connectivity index (χ3n) is 2.35. The molecule has 0 N–H and O–H groups in total. The summed E-state index contributed by atoms with van der Waals surface area (Å²) in [6.07, 6.45) is 1.56. The summed E-state index contributed by atoms with van der Waals surface area (Å²) in [7, 11) is 0. The van der Waals surface area contributed by atoms with Crippen LogP contribution < -0.4 is 0 Å². The van der Waals surface area contributed by atoms with E-state index >= 15 is 0 Å². The van der Waals surface area contributed by atoms with E-state index in [1.165, 1.54) is 6.20 Å². The van der Waals surface area contributed by atoms with Crippen molar-refractivity contribution in [1.29, 1.82) is 0 Å². The highest BCUT2D eigenvalue weighted by molar-refractivity contribution is 6.30. The van der Waals surface area contributed by atoms with Gasteiger partial charge in [-0.05, 0) is 19.1 Å². The predicted molar refractivity (Wildman–Crippen MR) is 70.6 cm³/mol. The Labute approximate surface area is 115 Å². The van der Waals surface area contributed by atoms with Gasteiger partial charge in [0.2, 0.25) is 0 Å². The summed E-state index contributed by atoms with van der Waals surface area (Å²) in [4.78, 5) is 15.6. The van der Waals surface area contributed by atoms with Crippen molar-refractivity contribution < 1.29 is 9.53 Å². The second kappa shape index (κ2) is 6.24. The van der Waals surface area contributed by atoms with E-state index in [0.29, 0.717) is 23.1 Å². The number of rotatable bonds is 4. The summed E-state index contributed by atoms with van der Waals surface area (Å²) >= 11 is 5.82. The van der Waals surface area contributed by atoms with Gasteiger partial charge in [0.1, 0.15) is 6.42 Å². The van der Waals surface area contributed by atoms with Gasteiger partial charge >= 0.3 is 5.97 Å². The quantitative estimate of drug-likeness (QED) is 0.802. The van der Waals surface area contributed by atoms with Crippen molar-refractivity contribution in [2.75, 3.05) is 6.61 Å². The lowest BCUT2D eigenvalue weighted by molar-refractivity contribution is -0.142. The molecule has 6 heteroatoms. The van der Waals surface area contributed by atoms with Crippen LogP contribution in [0, 0.1) is 0 Å². The topological polar surface area (TPSA) is 65.0 Å². The minimum atomic E-state index is -0.363. The van der Waals surface area contributed by atoms with Crippen molar-refractivity contribution in [1.82, 2.24) is 15.2 Å². The zero-order valence-corrected chi connectivity index (χ0v) is 11.1. The molecule has 0 radical (unpaired) electrons. The summed E-state index contributed by atoms with van der Waals surface area (Å²) in [5.41, 5.74) is 1.51. The normalized spacial score (nSPS) is 10.2. The molecule has 0 amide bonds. The maximum atomic E-state index is 11.4. The minimum Gasteiger partial charge on any atom is -0.466 e. The van der Waals surface area contributed by atoms with Gasteiger partial charge in [0.05, 0.1) is 18.5 Å². The molecule has 1 aromatic heterocycles. The Morgan fingerprint density at radius 3 is 2.74 bits per heavy atom. The number of carbonyl (C=O) groups excluding carboxylic acids is 1. The van der Waals surface area contributed by atoms with Gasteiger partial charge in [-0.1, -0.05) is 23.7 Å². The van der Waals surface area contributed by atoms with Gasteiger partial charge in [0.25, 0.3) is 0 Å². The SMILES string of the molecule is CCOC(=O)Cc1nncc(-c2ccc(Cl)cc2)n1. The van der Waals surface area contributed by atoms with Crippen LogP contribution in [0.3, 0.4) is 0 Å². The molecule has 0 aliphatic carbocycles. The van der Waals surface area contributed by atoms with Gasteiger partial charge in [-0.15, -0.1) is 5.10 Å². The molecule has 1 heterocycles. The first-order chi connectivity index (χ1) is 9.19. The number of halogens is 1. The molecule has 0 saturated heterocycles. The highest BCUT2D eigenvalue weighted by Gasteiger charge is 2.09. The van der Waals surface area contributed by atoms with E-state index < -0.39 is 0 Å². The molecule has 0 bridgehead atoms. The van der Waals surface area contributed by atoms with Crippen molar-refractivity contribution in [2.45, 2.75) is 13.3 Å². The Balaban J connectivity index is 2.19. The van der Waals surface area contributed by atoms with E-state index in [-0.39, 0.29) is 12.4 Å². The highest BCUT2D eigenvalue weighted by atomic mass is 35.5. The van der Waals surface area contributed by atoms with E-state index in [2.05, 4.69) is 15.2 Å². The average molecular weight is 278 g/mol. The van der Waals surface area contributed by atoms with Gasteiger partial charge in [-0.25, -0.2) is 4.98 Å². The Morgan fingerprint density at radius 2 is 2.05 bits per heavy atom. The fraction of sp³-hybridized carbons (Fsp3) is 0.231. The van der Waals surface area contributed by atoms with Crippen LogP contribution in [-0.2, 0) is 16.0 Å². The smallest absolute Gasteiger partial charge is 0.313 e. The van der Waals surface area contributed by atoms with Crippen molar-refractivity contribution in [3.8, 4) is 11.3 Å². The summed E-state index contributed by atoms with van der Waals surface area (Å²) in [6.45, 7) is 2.09. The van der Waals surface area contributed by atoms with E-state index in [1.807, 2.05) is 12.1 Å². The Bertz CT molecular complexity index is 572. The largest absolute Gasteiger partial charge is 0.466 e.